The molecule has 3 rings (SSSR count). The van der Waals surface area contributed by atoms with Gasteiger partial charge in [-0.05, 0) is 54.4 Å². The van der Waals surface area contributed by atoms with Gasteiger partial charge in [-0.1, -0.05) is 26.2 Å². The Morgan fingerprint density at radius 2 is 1.93 bits per heavy atom. The highest BCUT2D eigenvalue weighted by atomic mass is 16.7. The van der Waals surface area contributed by atoms with Crippen LogP contribution in [0, 0.1) is 0 Å². The Hall–Kier alpha value is -3.02. The summed E-state index contributed by atoms with van der Waals surface area (Å²) in [5, 5.41) is 4.00. The highest BCUT2D eigenvalue weighted by Gasteiger charge is 2.15. The number of unbranched alkanes of at least 4 members (excludes halogenated alkanes) is 3. The first kappa shape index (κ1) is 18.8. The third-order valence-electron chi connectivity index (χ3n) is 4.16. The second-order valence-corrected chi connectivity index (χ2v) is 6.25. The fraction of sp³-hybridized carbons (Fsp3) is 0.333. The van der Waals surface area contributed by atoms with E-state index in [4.69, 9.17) is 14.2 Å². The van der Waals surface area contributed by atoms with Crippen molar-refractivity contribution < 1.29 is 19.0 Å². The maximum Gasteiger partial charge on any atom is 0.271 e. The molecular weight excluding hydrogens is 344 g/mol. The lowest BCUT2D eigenvalue weighted by molar-refractivity contribution is 0.0954. The number of benzene rings is 2. The number of hydrogen-bond donors (Lipinski definition) is 1. The number of nitrogens with zero attached hydrogens (tertiary/aromatic N) is 1. The van der Waals surface area contributed by atoms with Crippen molar-refractivity contribution in [2.24, 2.45) is 5.10 Å². The average Bonchev–Trinajstić information content (AvgIpc) is 3.16. The first-order valence-electron chi connectivity index (χ1n) is 9.22. The number of hydrazone groups is 1. The maximum atomic E-state index is 12.1. The van der Waals surface area contributed by atoms with Gasteiger partial charge in [-0.2, -0.15) is 5.10 Å². The van der Waals surface area contributed by atoms with E-state index in [2.05, 4.69) is 17.5 Å². The van der Waals surface area contributed by atoms with E-state index >= 15 is 0 Å². The van der Waals surface area contributed by atoms with Crippen LogP contribution in [0.5, 0.6) is 17.2 Å². The quantitative estimate of drug-likeness (QED) is 0.410. The molecule has 0 spiro atoms. The molecule has 0 unspecified atom stereocenters. The topological polar surface area (TPSA) is 69.2 Å². The van der Waals surface area contributed by atoms with Crippen LogP contribution in [0.4, 0.5) is 0 Å². The van der Waals surface area contributed by atoms with Gasteiger partial charge in [-0.25, -0.2) is 5.43 Å². The summed E-state index contributed by atoms with van der Waals surface area (Å²) in [5.74, 6) is 1.74. The van der Waals surface area contributed by atoms with Crippen LogP contribution in [-0.4, -0.2) is 25.5 Å². The van der Waals surface area contributed by atoms with Crippen molar-refractivity contribution >= 4 is 12.1 Å². The highest BCUT2D eigenvalue weighted by molar-refractivity contribution is 5.95. The zero-order valence-electron chi connectivity index (χ0n) is 15.4. The number of hydrogen-bond acceptors (Lipinski definition) is 5. The molecule has 1 aliphatic heterocycles. The molecule has 0 atom stereocenters. The van der Waals surface area contributed by atoms with Gasteiger partial charge in [-0.3, -0.25) is 4.79 Å². The first-order valence-corrected chi connectivity index (χ1v) is 9.22. The number of carbonyl (C=O) groups is 1. The Morgan fingerprint density at radius 3 is 2.74 bits per heavy atom. The minimum atomic E-state index is -0.309. The molecule has 0 aromatic heterocycles. The fourth-order valence-corrected chi connectivity index (χ4v) is 2.64. The standard InChI is InChI=1S/C21H24N2O4/c1-2-3-4-5-12-25-18-9-6-16(7-10-18)14-22-23-21(24)17-8-11-19-20(13-17)27-15-26-19/h6-11,13-14H,2-5,12,15H2,1H3,(H,23,24)/b22-14-. The summed E-state index contributed by atoms with van der Waals surface area (Å²) in [6, 6.07) is 12.6. The molecule has 0 fully saturated rings. The zero-order chi connectivity index (χ0) is 18.9. The second kappa shape index (κ2) is 9.62. The van der Waals surface area contributed by atoms with Gasteiger partial charge < -0.3 is 14.2 Å². The zero-order valence-corrected chi connectivity index (χ0v) is 15.4. The largest absolute Gasteiger partial charge is 0.494 e. The van der Waals surface area contributed by atoms with Crippen LogP contribution in [0.15, 0.2) is 47.6 Å². The van der Waals surface area contributed by atoms with Crippen molar-refractivity contribution in [1.29, 1.82) is 0 Å². The highest BCUT2D eigenvalue weighted by Crippen LogP contribution is 2.32. The van der Waals surface area contributed by atoms with E-state index in [0.29, 0.717) is 17.1 Å². The van der Waals surface area contributed by atoms with Crippen LogP contribution in [0.1, 0.15) is 48.5 Å². The molecule has 1 N–H and O–H groups in total. The molecule has 0 saturated carbocycles. The van der Waals surface area contributed by atoms with Gasteiger partial charge >= 0.3 is 0 Å². The van der Waals surface area contributed by atoms with E-state index in [-0.39, 0.29) is 12.7 Å². The summed E-state index contributed by atoms with van der Waals surface area (Å²) in [5.41, 5.74) is 3.85. The van der Waals surface area contributed by atoms with Crippen LogP contribution in [-0.2, 0) is 0 Å². The molecule has 27 heavy (non-hydrogen) atoms. The molecule has 2 aromatic rings. The van der Waals surface area contributed by atoms with Gasteiger partial charge in [0.05, 0.1) is 12.8 Å². The lowest BCUT2D eigenvalue weighted by Crippen LogP contribution is -2.17. The fourth-order valence-electron chi connectivity index (χ4n) is 2.64. The molecule has 1 heterocycles. The van der Waals surface area contributed by atoms with Crippen LogP contribution < -0.4 is 19.6 Å². The molecule has 1 aliphatic rings. The summed E-state index contributed by atoms with van der Waals surface area (Å²) >= 11 is 0. The van der Waals surface area contributed by atoms with Crippen molar-refractivity contribution in [1.82, 2.24) is 5.43 Å². The van der Waals surface area contributed by atoms with Crippen molar-refractivity contribution in [3.63, 3.8) is 0 Å². The third-order valence-corrected chi connectivity index (χ3v) is 4.16. The van der Waals surface area contributed by atoms with Gasteiger partial charge in [-0.15, -0.1) is 0 Å². The summed E-state index contributed by atoms with van der Waals surface area (Å²) in [7, 11) is 0. The second-order valence-electron chi connectivity index (χ2n) is 6.25. The van der Waals surface area contributed by atoms with Crippen molar-refractivity contribution in [2.45, 2.75) is 32.6 Å². The van der Waals surface area contributed by atoms with Crippen LogP contribution in [0.3, 0.4) is 0 Å². The number of nitrogens with one attached hydrogen (secondary N) is 1. The minimum Gasteiger partial charge on any atom is -0.494 e. The van der Waals surface area contributed by atoms with Crippen molar-refractivity contribution in [3.05, 3.63) is 53.6 Å². The van der Waals surface area contributed by atoms with Crippen LogP contribution >= 0.6 is 0 Å². The Morgan fingerprint density at radius 1 is 1.11 bits per heavy atom. The Balaban J connectivity index is 1.46. The van der Waals surface area contributed by atoms with Gasteiger partial charge in [0, 0.05) is 5.56 Å². The summed E-state index contributed by atoms with van der Waals surface area (Å²) in [6.45, 7) is 3.11. The lowest BCUT2D eigenvalue weighted by Gasteiger charge is -2.06. The minimum absolute atomic E-state index is 0.178. The summed E-state index contributed by atoms with van der Waals surface area (Å²) in [4.78, 5) is 12.1. The number of carbonyl (C=O) groups excluding carboxylic acids is 1. The van der Waals surface area contributed by atoms with Crippen LogP contribution in [0.25, 0.3) is 0 Å². The van der Waals surface area contributed by atoms with Crippen molar-refractivity contribution in [2.75, 3.05) is 13.4 Å². The molecule has 142 valence electrons. The molecule has 6 nitrogen and oxygen atoms in total. The number of amides is 1. The Bertz CT molecular complexity index is 787. The summed E-state index contributed by atoms with van der Waals surface area (Å²) < 4.78 is 16.2. The summed E-state index contributed by atoms with van der Waals surface area (Å²) in [6.07, 6.45) is 6.33. The molecule has 2 aromatic carbocycles. The van der Waals surface area contributed by atoms with E-state index in [9.17, 15) is 4.79 Å². The smallest absolute Gasteiger partial charge is 0.271 e. The molecule has 1 amide bonds. The Kier molecular flexibility index (Phi) is 6.68. The third kappa shape index (κ3) is 5.48. The molecule has 0 aliphatic carbocycles. The SMILES string of the molecule is CCCCCCOc1ccc(/C=N\NC(=O)c2ccc3c(c2)OCO3)cc1. The monoisotopic (exact) mass is 368 g/mol. The molecule has 6 heteroatoms. The number of fused-ring (bicyclic) bond motifs is 1. The predicted molar refractivity (Wildman–Crippen MR) is 104 cm³/mol. The van der Waals surface area contributed by atoms with E-state index < -0.39 is 0 Å². The normalized spacial score (nSPS) is 12.3. The molecule has 0 saturated heterocycles. The van der Waals surface area contributed by atoms with E-state index in [1.807, 2.05) is 24.3 Å². The maximum absolute atomic E-state index is 12.1. The predicted octanol–water partition coefficient (Wildman–Crippen LogP) is 4.14. The van der Waals surface area contributed by atoms with Gasteiger partial charge in [0.15, 0.2) is 11.5 Å². The molecule has 0 radical (unpaired) electrons. The van der Waals surface area contributed by atoms with Gasteiger partial charge in [0.1, 0.15) is 5.75 Å². The average molecular weight is 368 g/mol. The van der Waals surface area contributed by atoms with Crippen molar-refractivity contribution in [3.8, 4) is 17.2 Å². The first-order chi connectivity index (χ1) is 13.3. The van der Waals surface area contributed by atoms with Gasteiger partial charge in [0.2, 0.25) is 6.79 Å². The molecular formula is C21H24N2O4. The molecule has 0 bridgehead atoms. The van der Waals surface area contributed by atoms with Crippen LogP contribution in [0.2, 0.25) is 0 Å². The lowest BCUT2D eigenvalue weighted by atomic mass is 10.2. The van der Waals surface area contributed by atoms with E-state index in [1.165, 1.54) is 19.3 Å². The van der Waals surface area contributed by atoms with E-state index in [1.54, 1.807) is 24.4 Å². The Labute approximate surface area is 159 Å². The number of rotatable bonds is 9. The number of ether oxygens (including phenoxy) is 3. The van der Waals surface area contributed by atoms with Gasteiger partial charge in [0.25, 0.3) is 5.91 Å². The van der Waals surface area contributed by atoms with E-state index in [0.717, 1.165) is 24.3 Å².